The van der Waals surface area contributed by atoms with E-state index in [1.54, 1.807) is 50.5 Å². The smallest absolute Gasteiger partial charge is 0.284 e. The summed E-state index contributed by atoms with van der Waals surface area (Å²) in [6.45, 7) is 2.94. The Balaban J connectivity index is 1.70. The number of nitrogens with one attached hydrogen (secondary N) is 2. The highest BCUT2D eigenvalue weighted by Gasteiger charge is 2.20. The molecule has 0 unspecified atom stereocenters. The van der Waals surface area contributed by atoms with E-state index in [1.807, 2.05) is 0 Å². The molecule has 11 heteroatoms. The predicted molar refractivity (Wildman–Crippen MR) is 134 cm³/mol. The molecule has 1 atom stereocenters. The second-order valence-electron chi connectivity index (χ2n) is 8.15. The number of hydrogen-bond donors (Lipinski definition) is 2. The number of benzene rings is 2. The Bertz CT molecular complexity index is 1510. The topological polar surface area (TPSA) is 111 Å². The fraction of sp³-hybridized carbons (Fsp3) is 0.160. The van der Waals surface area contributed by atoms with E-state index in [9.17, 15) is 18.8 Å². The van der Waals surface area contributed by atoms with E-state index in [1.165, 1.54) is 36.0 Å². The number of aryl methyl sites for hydroxylation is 1. The van der Waals surface area contributed by atoms with Crippen molar-refractivity contribution in [2.45, 2.75) is 19.9 Å². The van der Waals surface area contributed by atoms with Crippen molar-refractivity contribution >= 4 is 29.1 Å². The SMILES string of the molecule is CC(=O)Nc1ccc([C@H](C)NC(=O)c2cc(-c3ccc(Cl)cc3)nn(-c3cnn(C)c3)c2=O)cc1F. The molecule has 0 aliphatic heterocycles. The van der Waals surface area contributed by atoms with E-state index in [0.717, 1.165) is 4.68 Å². The van der Waals surface area contributed by atoms with Gasteiger partial charge in [0.25, 0.3) is 11.5 Å². The van der Waals surface area contributed by atoms with Gasteiger partial charge in [0.15, 0.2) is 0 Å². The Morgan fingerprint density at radius 3 is 2.44 bits per heavy atom. The number of carbonyl (C=O) groups is 2. The molecule has 0 saturated carbocycles. The molecule has 184 valence electrons. The summed E-state index contributed by atoms with van der Waals surface area (Å²) in [7, 11) is 1.70. The van der Waals surface area contributed by atoms with Crippen molar-refractivity contribution < 1.29 is 14.0 Å². The Hall–Kier alpha value is -4.31. The maximum atomic E-state index is 14.4. The Morgan fingerprint density at radius 1 is 1.11 bits per heavy atom. The number of halogens is 2. The lowest BCUT2D eigenvalue weighted by atomic mass is 10.1. The van der Waals surface area contributed by atoms with Crippen molar-refractivity contribution in [3.8, 4) is 16.9 Å². The van der Waals surface area contributed by atoms with E-state index >= 15 is 0 Å². The van der Waals surface area contributed by atoms with Crippen molar-refractivity contribution in [2.75, 3.05) is 5.32 Å². The molecule has 36 heavy (non-hydrogen) atoms. The van der Waals surface area contributed by atoms with E-state index < -0.39 is 29.2 Å². The van der Waals surface area contributed by atoms with Crippen LogP contribution in [0.4, 0.5) is 10.1 Å². The molecule has 2 aromatic carbocycles. The average molecular weight is 509 g/mol. The minimum Gasteiger partial charge on any atom is -0.345 e. The number of amides is 2. The molecule has 2 N–H and O–H groups in total. The van der Waals surface area contributed by atoms with E-state index in [2.05, 4.69) is 20.8 Å². The summed E-state index contributed by atoms with van der Waals surface area (Å²) in [5.74, 6) is -1.70. The molecule has 9 nitrogen and oxygen atoms in total. The van der Waals surface area contributed by atoms with Crippen molar-refractivity contribution in [3.63, 3.8) is 0 Å². The standard InChI is InChI=1S/C25H22ClFN6O3/c1-14(17-6-9-22(21(27)10-17)30-15(2)34)29-24(35)20-11-23(16-4-7-18(26)8-5-16)31-33(25(20)36)19-12-28-32(3)13-19/h4-14H,1-3H3,(H,29,35)(H,30,34)/t14-/m0/s1. The van der Waals surface area contributed by atoms with Gasteiger partial charge >= 0.3 is 0 Å². The van der Waals surface area contributed by atoms with Gasteiger partial charge in [0.1, 0.15) is 17.1 Å². The fourth-order valence-corrected chi connectivity index (χ4v) is 3.69. The maximum absolute atomic E-state index is 14.4. The Labute approximate surface area is 210 Å². The molecule has 4 rings (SSSR count). The van der Waals surface area contributed by atoms with Crippen LogP contribution >= 0.6 is 11.6 Å². The first-order valence-corrected chi connectivity index (χ1v) is 11.3. The van der Waals surface area contributed by atoms with Crippen LogP contribution in [0.5, 0.6) is 0 Å². The molecule has 2 aromatic heterocycles. The first-order chi connectivity index (χ1) is 17.1. The highest BCUT2D eigenvalue weighted by Crippen LogP contribution is 2.22. The first kappa shape index (κ1) is 24.8. The molecule has 2 heterocycles. The average Bonchev–Trinajstić information content (AvgIpc) is 3.26. The zero-order chi connectivity index (χ0) is 26.0. The minimum atomic E-state index is -0.658. The number of rotatable bonds is 6. The third-order valence-electron chi connectivity index (χ3n) is 5.38. The number of carbonyl (C=O) groups excluding carboxylic acids is 2. The van der Waals surface area contributed by atoms with Crippen LogP contribution in [0.25, 0.3) is 16.9 Å². The summed E-state index contributed by atoms with van der Waals surface area (Å²) in [5, 5.41) is 14.2. The molecule has 0 spiro atoms. The zero-order valence-corrected chi connectivity index (χ0v) is 20.4. The molecule has 0 bridgehead atoms. The normalized spacial score (nSPS) is 11.7. The van der Waals surface area contributed by atoms with Crippen LogP contribution < -0.4 is 16.2 Å². The van der Waals surface area contributed by atoms with Gasteiger partial charge in [-0.1, -0.05) is 29.8 Å². The van der Waals surface area contributed by atoms with Gasteiger partial charge in [0, 0.05) is 24.6 Å². The zero-order valence-electron chi connectivity index (χ0n) is 19.6. The maximum Gasteiger partial charge on any atom is 0.284 e. The van der Waals surface area contributed by atoms with Crippen molar-refractivity contribution in [1.82, 2.24) is 24.9 Å². The second kappa shape index (κ2) is 10.1. The monoisotopic (exact) mass is 508 g/mol. The third kappa shape index (κ3) is 5.33. The predicted octanol–water partition coefficient (Wildman–Crippen LogP) is 3.87. The highest BCUT2D eigenvalue weighted by atomic mass is 35.5. The summed E-state index contributed by atoms with van der Waals surface area (Å²) in [4.78, 5) is 37.7. The molecule has 0 saturated heterocycles. The van der Waals surface area contributed by atoms with Crippen LogP contribution in [-0.4, -0.2) is 31.4 Å². The van der Waals surface area contributed by atoms with Gasteiger partial charge in [0.05, 0.1) is 29.8 Å². The summed E-state index contributed by atoms with van der Waals surface area (Å²) >= 11 is 6.00. The lowest BCUT2D eigenvalue weighted by molar-refractivity contribution is -0.114. The van der Waals surface area contributed by atoms with E-state index in [0.29, 0.717) is 27.5 Å². The highest BCUT2D eigenvalue weighted by molar-refractivity contribution is 6.30. The molecule has 0 fully saturated rings. The molecule has 4 aromatic rings. The lowest BCUT2D eigenvalue weighted by Crippen LogP contribution is -2.35. The van der Waals surface area contributed by atoms with E-state index in [4.69, 9.17) is 11.6 Å². The molecule has 0 radical (unpaired) electrons. The molecule has 2 amide bonds. The summed E-state index contributed by atoms with van der Waals surface area (Å²) < 4.78 is 17.0. The largest absolute Gasteiger partial charge is 0.345 e. The van der Waals surface area contributed by atoms with E-state index in [-0.39, 0.29) is 11.3 Å². The quantitative estimate of drug-likeness (QED) is 0.410. The first-order valence-electron chi connectivity index (χ1n) is 10.9. The molecular weight excluding hydrogens is 487 g/mol. The van der Waals surface area contributed by atoms with Gasteiger partial charge in [-0.25, -0.2) is 4.39 Å². The lowest BCUT2D eigenvalue weighted by Gasteiger charge is -2.16. The minimum absolute atomic E-state index is 0.0332. The van der Waals surface area contributed by atoms with Crippen LogP contribution in [-0.2, 0) is 11.8 Å². The Morgan fingerprint density at radius 2 is 1.83 bits per heavy atom. The number of anilines is 1. The van der Waals surface area contributed by atoms with Gasteiger partial charge in [-0.3, -0.25) is 19.1 Å². The molecular formula is C25H22ClFN6O3. The second-order valence-corrected chi connectivity index (χ2v) is 8.59. The molecule has 0 aliphatic rings. The summed E-state index contributed by atoms with van der Waals surface area (Å²) in [5.41, 5.74) is 1.10. The number of aromatic nitrogens is 4. The fourth-order valence-electron chi connectivity index (χ4n) is 3.56. The third-order valence-corrected chi connectivity index (χ3v) is 5.64. The summed E-state index contributed by atoms with van der Waals surface area (Å²) in [6, 6.07) is 11.8. The van der Waals surface area contributed by atoms with Crippen LogP contribution in [0.15, 0.2) is 65.7 Å². The van der Waals surface area contributed by atoms with Gasteiger partial charge in [-0.15, -0.1) is 0 Å². The van der Waals surface area contributed by atoms with Crippen molar-refractivity contribution in [3.05, 3.63) is 93.2 Å². The van der Waals surface area contributed by atoms with Crippen molar-refractivity contribution in [1.29, 1.82) is 0 Å². The number of hydrogen-bond acceptors (Lipinski definition) is 5. The Kier molecular flexibility index (Phi) is 6.98. The van der Waals surface area contributed by atoms with Gasteiger partial charge in [0.2, 0.25) is 5.91 Å². The van der Waals surface area contributed by atoms with Crippen LogP contribution in [0.1, 0.15) is 35.8 Å². The van der Waals surface area contributed by atoms with Crippen molar-refractivity contribution in [2.24, 2.45) is 7.05 Å². The molecule has 0 aliphatic carbocycles. The van der Waals surface area contributed by atoms with Crippen LogP contribution in [0.3, 0.4) is 0 Å². The summed E-state index contributed by atoms with van der Waals surface area (Å²) in [6.07, 6.45) is 3.06. The number of nitrogens with zero attached hydrogens (tertiary/aromatic N) is 4. The van der Waals surface area contributed by atoms with Gasteiger partial charge < -0.3 is 10.6 Å². The van der Waals surface area contributed by atoms with Crippen LogP contribution in [0, 0.1) is 5.82 Å². The van der Waals surface area contributed by atoms with Crippen LogP contribution in [0.2, 0.25) is 5.02 Å². The van der Waals surface area contributed by atoms with Gasteiger partial charge in [-0.2, -0.15) is 14.9 Å². The van der Waals surface area contributed by atoms with Gasteiger partial charge in [-0.05, 0) is 42.8 Å².